The summed E-state index contributed by atoms with van der Waals surface area (Å²) in [7, 11) is 6.68. The molecule has 0 aromatic heterocycles. The highest BCUT2D eigenvalue weighted by Crippen LogP contribution is 2.46. The summed E-state index contributed by atoms with van der Waals surface area (Å²) < 4.78 is 0. The fourth-order valence-electron chi connectivity index (χ4n) is 3.58. The minimum atomic E-state index is 0.745. The maximum absolute atomic E-state index is 2.50. The quantitative estimate of drug-likeness (QED) is 0.711. The van der Waals surface area contributed by atoms with E-state index in [0.29, 0.717) is 0 Å². The minimum Gasteiger partial charge on any atom is -0.309 e. The van der Waals surface area contributed by atoms with Crippen LogP contribution in [0.4, 0.5) is 0 Å². The Morgan fingerprint density at radius 2 is 1.62 bits per heavy atom. The zero-order valence-electron chi connectivity index (χ0n) is 11.3. The summed E-state index contributed by atoms with van der Waals surface area (Å²) in [4.78, 5) is 4.86. The molecule has 1 heterocycles. The third-order valence-electron chi connectivity index (χ3n) is 4.84. The third-order valence-corrected chi connectivity index (χ3v) is 4.84. The Labute approximate surface area is 101 Å². The van der Waals surface area contributed by atoms with E-state index >= 15 is 0 Å². The van der Waals surface area contributed by atoms with Crippen molar-refractivity contribution in [3.05, 3.63) is 0 Å². The van der Waals surface area contributed by atoms with Gasteiger partial charge in [-0.3, -0.25) is 0 Å². The van der Waals surface area contributed by atoms with E-state index in [1.54, 1.807) is 0 Å². The topological polar surface area (TPSA) is 6.48 Å². The second-order valence-corrected chi connectivity index (χ2v) is 6.51. The van der Waals surface area contributed by atoms with Gasteiger partial charge >= 0.3 is 0 Å². The van der Waals surface area contributed by atoms with E-state index in [2.05, 4.69) is 30.9 Å². The maximum Gasteiger partial charge on any atom is 0.000356 e. The molecule has 1 aliphatic carbocycles. The normalized spacial score (nSPS) is 27.8. The molecular weight excluding hydrogens is 196 g/mol. The molecule has 2 heteroatoms. The van der Waals surface area contributed by atoms with E-state index in [9.17, 15) is 0 Å². The molecule has 0 unspecified atom stereocenters. The monoisotopic (exact) mass is 224 g/mol. The smallest absolute Gasteiger partial charge is 0.000356 e. The Kier molecular flexibility index (Phi) is 3.91. The molecule has 0 N–H and O–H groups in total. The first-order chi connectivity index (χ1) is 7.60. The summed E-state index contributed by atoms with van der Waals surface area (Å²) >= 11 is 0. The van der Waals surface area contributed by atoms with Crippen LogP contribution in [0.5, 0.6) is 0 Å². The van der Waals surface area contributed by atoms with E-state index in [4.69, 9.17) is 0 Å². The van der Waals surface area contributed by atoms with Crippen LogP contribution in [0.3, 0.4) is 0 Å². The SMILES string of the molecule is CN(C)CC1CCC2(CC1)CCN(C)CC2. The van der Waals surface area contributed by atoms with Crippen LogP contribution in [0.2, 0.25) is 0 Å². The van der Waals surface area contributed by atoms with Crippen LogP contribution in [0.1, 0.15) is 38.5 Å². The van der Waals surface area contributed by atoms with Crippen LogP contribution >= 0.6 is 0 Å². The minimum absolute atomic E-state index is 0.745. The Hall–Kier alpha value is -0.0800. The molecule has 1 saturated heterocycles. The molecular formula is C14H28N2. The van der Waals surface area contributed by atoms with Crippen LogP contribution in [-0.2, 0) is 0 Å². The predicted octanol–water partition coefficient (Wildman–Crippen LogP) is 2.45. The van der Waals surface area contributed by atoms with Gasteiger partial charge in [0.25, 0.3) is 0 Å². The average molecular weight is 224 g/mol. The predicted molar refractivity (Wildman–Crippen MR) is 69.7 cm³/mol. The van der Waals surface area contributed by atoms with E-state index in [1.807, 2.05) is 0 Å². The van der Waals surface area contributed by atoms with Crippen molar-refractivity contribution in [2.45, 2.75) is 38.5 Å². The lowest BCUT2D eigenvalue weighted by Crippen LogP contribution is -2.41. The van der Waals surface area contributed by atoms with E-state index in [1.165, 1.54) is 58.2 Å². The lowest BCUT2D eigenvalue weighted by molar-refractivity contribution is 0.0573. The van der Waals surface area contributed by atoms with Crippen LogP contribution in [0.15, 0.2) is 0 Å². The largest absolute Gasteiger partial charge is 0.309 e. The van der Waals surface area contributed by atoms with Crippen LogP contribution < -0.4 is 0 Å². The zero-order chi connectivity index (χ0) is 11.6. The fraction of sp³-hybridized carbons (Fsp3) is 1.00. The molecule has 16 heavy (non-hydrogen) atoms. The van der Waals surface area contributed by atoms with Gasteiger partial charge in [0.15, 0.2) is 0 Å². The number of hydrogen-bond donors (Lipinski definition) is 0. The first-order valence-electron chi connectivity index (χ1n) is 6.93. The Morgan fingerprint density at radius 1 is 1.06 bits per heavy atom. The first-order valence-corrected chi connectivity index (χ1v) is 6.93. The van der Waals surface area contributed by atoms with Gasteiger partial charge in [-0.15, -0.1) is 0 Å². The van der Waals surface area contributed by atoms with Gasteiger partial charge in [-0.25, -0.2) is 0 Å². The van der Waals surface area contributed by atoms with Gasteiger partial charge in [0.2, 0.25) is 0 Å². The number of rotatable bonds is 2. The van der Waals surface area contributed by atoms with E-state index < -0.39 is 0 Å². The highest BCUT2D eigenvalue weighted by Gasteiger charge is 2.37. The van der Waals surface area contributed by atoms with Gasteiger partial charge in [0.1, 0.15) is 0 Å². The molecule has 1 spiro atoms. The first kappa shape index (κ1) is 12.4. The fourth-order valence-corrected chi connectivity index (χ4v) is 3.58. The average Bonchev–Trinajstić information content (AvgIpc) is 2.26. The third kappa shape index (κ3) is 2.98. The Morgan fingerprint density at radius 3 is 2.12 bits per heavy atom. The van der Waals surface area contributed by atoms with E-state index in [0.717, 1.165) is 11.3 Å². The Bertz CT molecular complexity index is 207. The summed E-state index contributed by atoms with van der Waals surface area (Å²) in [5.41, 5.74) is 0.745. The number of piperidine rings is 1. The second-order valence-electron chi connectivity index (χ2n) is 6.51. The van der Waals surface area contributed by atoms with Gasteiger partial charge in [-0.05, 0) is 84.1 Å². The highest BCUT2D eigenvalue weighted by molar-refractivity contribution is 4.90. The van der Waals surface area contributed by atoms with Gasteiger partial charge in [-0.1, -0.05) is 0 Å². The molecule has 2 aliphatic rings. The van der Waals surface area contributed by atoms with Crippen LogP contribution in [-0.4, -0.2) is 50.6 Å². The number of hydrogen-bond acceptors (Lipinski definition) is 2. The number of nitrogens with zero attached hydrogens (tertiary/aromatic N) is 2. The van der Waals surface area contributed by atoms with Crippen molar-refractivity contribution in [2.24, 2.45) is 11.3 Å². The summed E-state index contributed by atoms with van der Waals surface area (Å²) in [5.74, 6) is 0.972. The molecule has 0 atom stereocenters. The molecule has 0 amide bonds. The molecule has 94 valence electrons. The zero-order valence-corrected chi connectivity index (χ0v) is 11.3. The highest BCUT2D eigenvalue weighted by atomic mass is 15.1. The van der Waals surface area contributed by atoms with Crippen molar-refractivity contribution in [1.82, 2.24) is 9.80 Å². The van der Waals surface area contributed by atoms with Crippen LogP contribution in [0.25, 0.3) is 0 Å². The van der Waals surface area contributed by atoms with Crippen molar-refractivity contribution in [3.8, 4) is 0 Å². The van der Waals surface area contributed by atoms with Gasteiger partial charge < -0.3 is 9.80 Å². The molecule has 2 fully saturated rings. The van der Waals surface area contributed by atoms with Crippen molar-refractivity contribution in [1.29, 1.82) is 0 Å². The van der Waals surface area contributed by atoms with Crippen LogP contribution in [0, 0.1) is 11.3 Å². The molecule has 0 aromatic carbocycles. The van der Waals surface area contributed by atoms with Crippen molar-refractivity contribution in [3.63, 3.8) is 0 Å². The Balaban J connectivity index is 1.80. The van der Waals surface area contributed by atoms with E-state index in [-0.39, 0.29) is 0 Å². The summed E-state index contributed by atoms with van der Waals surface area (Å²) in [5, 5.41) is 0. The number of likely N-dealkylation sites (tertiary alicyclic amines) is 1. The molecule has 0 bridgehead atoms. The lowest BCUT2D eigenvalue weighted by atomic mass is 9.65. The van der Waals surface area contributed by atoms with Gasteiger partial charge in [0.05, 0.1) is 0 Å². The molecule has 1 saturated carbocycles. The summed E-state index contributed by atoms with van der Waals surface area (Å²) in [6, 6.07) is 0. The second kappa shape index (κ2) is 5.05. The summed E-state index contributed by atoms with van der Waals surface area (Å²) in [6.07, 6.45) is 8.86. The van der Waals surface area contributed by atoms with Gasteiger partial charge in [0, 0.05) is 6.54 Å². The molecule has 1 aliphatic heterocycles. The van der Waals surface area contributed by atoms with Crippen molar-refractivity contribution in [2.75, 3.05) is 40.8 Å². The molecule has 2 nitrogen and oxygen atoms in total. The van der Waals surface area contributed by atoms with Crippen molar-refractivity contribution >= 4 is 0 Å². The van der Waals surface area contributed by atoms with Crippen molar-refractivity contribution < 1.29 is 0 Å². The summed E-state index contributed by atoms with van der Waals surface area (Å²) in [6.45, 7) is 3.96. The molecule has 0 radical (unpaired) electrons. The molecule has 2 rings (SSSR count). The van der Waals surface area contributed by atoms with Gasteiger partial charge in [-0.2, -0.15) is 0 Å². The maximum atomic E-state index is 2.50. The lowest BCUT2D eigenvalue weighted by Gasteiger charge is -2.45. The standard InChI is InChI=1S/C14H28N2/c1-15(2)12-13-4-6-14(7-5-13)8-10-16(3)11-9-14/h13H,4-12H2,1-3H3. The molecule has 0 aromatic rings.